The predicted molar refractivity (Wildman–Crippen MR) is 88.9 cm³/mol. The summed E-state index contributed by atoms with van der Waals surface area (Å²) < 4.78 is 11.8. The largest absolute Gasteiger partial charge is 0.480 e. The maximum Gasteiger partial charge on any atom is 0.457 e. The second kappa shape index (κ2) is 6.85. The van der Waals surface area contributed by atoms with Gasteiger partial charge in [0.25, 0.3) is 0 Å². The van der Waals surface area contributed by atoms with Crippen LogP contribution in [0, 0.1) is 23.2 Å². The number of amides is 1. The molecule has 9 heteroatoms. The van der Waals surface area contributed by atoms with Crippen molar-refractivity contribution >= 4 is 19.2 Å². The number of aliphatic carboxylic acids is 1. The standard InChI is InChI=1S/C16H25BN2O6/c1-15(2)16(3,4)25-17(24-15)7-5-6-11-10(8-18)9-19(14(22)23)12(11)13(20)21/h10-12H,5-7,9H2,1-4H3,(H,20,21)(H,22,23)/t10?,11?,12-/m0/s1. The van der Waals surface area contributed by atoms with Gasteiger partial charge in [-0.3, -0.25) is 4.90 Å². The van der Waals surface area contributed by atoms with Gasteiger partial charge in [0.15, 0.2) is 0 Å². The molecule has 0 aromatic rings. The number of rotatable bonds is 5. The number of nitriles is 1. The number of nitrogens with zero attached hydrogens (tertiary/aromatic N) is 2. The fraction of sp³-hybridized carbons (Fsp3) is 0.812. The van der Waals surface area contributed by atoms with E-state index in [9.17, 15) is 25.1 Å². The molecule has 0 aromatic carbocycles. The van der Waals surface area contributed by atoms with Crippen LogP contribution < -0.4 is 0 Å². The molecule has 0 spiro atoms. The second-order valence-electron chi connectivity index (χ2n) is 7.73. The van der Waals surface area contributed by atoms with Crippen molar-refractivity contribution in [3.05, 3.63) is 0 Å². The van der Waals surface area contributed by atoms with Gasteiger partial charge >= 0.3 is 19.2 Å². The number of carboxylic acids is 1. The molecule has 2 aliphatic rings. The number of hydrogen-bond donors (Lipinski definition) is 2. The molecule has 2 saturated heterocycles. The topological polar surface area (TPSA) is 120 Å². The van der Waals surface area contributed by atoms with Crippen LogP contribution in [-0.2, 0) is 14.1 Å². The molecule has 2 fully saturated rings. The first-order chi connectivity index (χ1) is 11.5. The van der Waals surface area contributed by atoms with E-state index in [0.717, 1.165) is 4.90 Å². The first-order valence-electron chi connectivity index (χ1n) is 8.48. The molecule has 138 valence electrons. The molecule has 0 radical (unpaired) electrons. The van der Waals surface area contributed by atoms with Crippen molar-refractivity contribution in [2.45, 2.75) is 64.1 Å². The lowest BCUT2D eigenvalue weighted by atomic mass is 9.78. The monoisotopic (exact) mass is 352 g/mol. The van der Waals surface area contributed by atoms with Gasteiger partial charge in [-0.25, -0.2) is 9.59 Å². The molecule has 0 bridgehead atoms. The Hall–Kier alpha value is -1.79. The van der Waals surface area contributed by atoms with Gasteiger partial charge in [-0.1, -0.05) is 6.42 Å². The fourth-order valence-electron chi connectivity index (χ4n) is 3.52. The Kier molecular flexibility index (Phi) is 5.35. The molecule has 2 aliphatic heterocycles. The minimum Gasteiger partial charge on any atom is -0.480 e. The Labute approximate surface area is 147 Å². The highest BCUT2D eigenvalue weighted by Gasteiger charge is 2.51. The number of hydrogen-bond acceptors (Lipinski definition) is 5. The van der Waals surface area contributed by atoms with E-state index in [2.05, 4.69) is 6.07 Å². The lowest BCUT2D eigenvalue weighted by molar-refractivity contribution is -0.143. The molecule has 0 aromatic heterocycles. The summed E-state index contributed by atoms with van der Waals surface area (Å²) in [6.45, 7) is 7.77. The highest BCUT2D eigenvalue weighted by Crippen LogP contribution is 2.39. The summed E-state index contributed by atoms with van der Waals surface area (Å²) in [5, 5.41) is 27.9. The molecule has 0 saturated carbocycles. The van der Waals surface area contributed by atoms with Crippen LogP contribution in [0.25, 0.3) is 0 Å². The third kappa shape index (κ3) is 3.75. The molecule has 2 unspecified atom stereocenters. The van der Waals surface area contributed by atoms with E-state index in [4.69, 9.17) is 9.31 Å². The first kappa shape index (κ1) is 19.5. The average molecular weight is 352 g/mol. The second-order valence-corrected chi connectivity index (χ2v) is 7.73. The third-order valence-corrected chi connectivity index (χ3v) is 5.60. The van der Waals surface area contributed by atoms with Gasteiger partial charge in [0, 0.05) is 12.5 Å². The molecular weight excluding hydrogens is 327 g/mol. The Bertz CT molecular complexity index is 572. The Balaban J connectivity index is 1.98. The zero-order valence-corrected chi connectivity index (χ0v) is 15.1. The quantitative estimate of drug-likeness (QED) is 0.727. The summed E-state index contributed by atoms with van der Waals surface area (Å²) in [7, 11) is -0.384. The highest BCUT2D eigenvalue weighted by molar-refractivity contribution is 6.45. The van der Waals surface area contributed by atoms with E-state index in [1.165, 1.54) is 0 Å². The van der Waals surface area contributed by atoms with Gasteiger partial charge in [0.1, 0.15) is 6.04 Å². The van der Waals surface area contributed by atoms with Crippen molar-refractivity contribution in [2.75, 3.05) is 6.54 Å². The molecule has 25 heavy (non-hydrogen) atoms. The minimum absolute atomic E-state index is 0.0655. The van der Waals surface area contributed by atoms with Gasteiger partial charge in [-0.2, -0.15) is 5.26 Å². The third-order valence-electron chi connectivity index (χ3n) is 5.60. The van der Waals surface area contributed by atoms with Crippen LogP contribution in [0.4, 0.5) is 4.79 Å². The van der Waals surface area contributed by atoms with E-state index in [0.29, 0.717) is 19.2 Å². The molecule has 2 rings (SSSR count). The van der Waals surface area contributed by atoms with Crippen LogP contribution in [0.5, 0.6) is 0 Å². The Morgan fingerprint density at radius 2 is 1.80 bits per heavy atom. The molecule has 0 aliphatic carbocycles. The molecule has 2 heterocycles. The fourth-order valence-corrected chi connectivity index (χ4v) is 3.52. The smallest absolute Gasteiger partial charge is 0.457 e. The lowest BCUT2D eigenvalue weighted by Gasteiger charge is -2.32. The molecular formula is C16H25BN2O6. The summed E-state index contributed by atoms with van der Waals surface area (Å²) >= 11 is 0. The van der Waals surface area contributed by atoms with Crippen LogP contribution >= 0.6 is 0 Å². The van der Waals surface area contributed by atoms with Crippen molar-refractivity contribution in [1.82, 2.24) is 4.90 Å². The van der Waals surface area contributed by atoms with Gasteiger partial charge in [-0.15, -0.1) is 0 Å². The van der Waals surface area contributed by atoms with E-state index in [-0.39, 0.29) is 13.7 Å². The summed E-state index contributed by atoms with van der Waals surface area (Å²) in [4.78, 5) is 23.6. The van der Waals surface area contributed by atoms with Gasteiger partial charge < -0.3 is 19.5 Å². The van der Waals surface area contributed by atoms with E-state index in [1.54, 1.807) is 0 Å². The lowest BCUT2D eigenvalue weighted by Crippen LogP contribution is -2.42. The summed E-state index contributed by atoms with van der Waals surface area (Å²) in [6.07, 6.45) is 0.294. The van der Waals surface area contributed by atoms with E-state index < -0.39 is 41.1 Å². The van der Waals surface area contributed by atoms with Gasteiger partial charge in [0.2, 0.25) is 0 Å². The van der Waals surface area contributed by atoms with Crippen molar-refractivity contribution in [1.29, 1.82) is 5.26 Å². The summed E-state index contributed by atoms with van der Waals surface area (Å²) in [5.41, 5.74) is -0.853. The zero-order valence-electron chi connectivity index (χ0n) is 15.1. The number of carboxylic acid groups (broad SMARTS) is 2. The normalized spacial score (nSPS) is 30.3. The highest BCUT2D eigenvalue weighted by atomic mass is 16.7. The Morgan fingerprint density at radius 1 is 1.24 bits per heavy atom. The van der Waals surface area contributed by atoms with E-state index >= 15 is 0 Å². The van der Waals surface area contributed by atoms with Gasteiger partial charge in [0.05, 0.1) is 23.2 Å². The SMILES string of the molecule is CC1(C)OB(CCCC2C(C#N)CN(C(=O)O)[C@@H]2C(=O)O)OC1(C)C. The molecule has 2 N–H and O–H groups in total. The average Bonchev–Trinajstić information content (AvgIpc) is 2.94. The van der Waals surface area contributed by atoms with E-state index in [1.807, 2.05) is 27.7 Å². The Morgan fingerprint density at radius 3 is 2.24 bits per heavy atom. The first-order valence-corrected chi connectivity index (χ1v) is 8.48. The van der Waals surface area contributed by atoms with Crippen molar-refractivity contribution in [3.8, 4) is 6.07 Å². The van der Waals surface area contributed by atoms with Crippen molar-refractivity contribution in [3.63, 3.8) is 0 Å². The predicted octanol–water partition coefficient (Wildman–Crippen LogP) is 2.06. The summed E-state index contributed by atoms with van der Waals surface area (Å²) in [5.74, 6) is -2.35. The van der Waals surface area contributed by atoms with Crippen molar-refractivity contribution in [2.24, 2.45) is 11.8 Å². The minimum atomic E-state index is -1.30. The number of carbonyl (C=O) groups is 2. The zero-order chi connectivity index (χ0) is 19.0. The van der Waals surface area contributed by atoms with Gasteiger partial charge in [-0.05, 0) is 40.4 Å². The maximum absolute atomic E-state index is 11.5. The van der Waals surface area contributed by atoms with Crippen molar-refractivity contribution < 1.29 is 29.1 Å². The van der Waals surface area contributed by atoms with Crippen LogP contribution in [0.2, 0.25) is 6.32 Å². The van der Waals surface area contributed by atoms with Crippen LogP contribution in [0.3, 0.4) is 0 Å². The molecule has 8 nitrogen and oxygen atoms in total. The van der Waals surface area contributed by atoms with Crippen LogP contribution in [0.1, 0.15) is 40.5 Å². The van der Waals surface area contributed by atoms with Crippen LogP contribution in [0.15, 0.2) is 0 Å². The maximum atomic E-state index is 11.5. The number of likely N-dealkylation sites (tertiary alicyclic amines) is 1. The molecule has 3 atom stereocenters. The summed E-state index contributed by atoms with van der Waals surface area (Å²) in [6, 6.07) is 0.877. The van der Waals surface area contributed by atoms with Crippen LogP contribution in [-0.4, -0.2) is 58.1 Å². The molecule has 1 amide bonds.